The van der Waals surface area contributed by atoms with Crippen molar-refractivity contribution in [2.75, 3.05) is 13.9 Å². The van der Waals surface area contributed by atoms with Crippen molar-refractivity contribution in [3.8, 4) is 0 Å². The average Bonchev–Trinajstić information content (AvgIpc) is 2.89. The van der Waals surface area contributed by atoms with Gasteiger partial charge in [0.1, 0.15) is 12.4 Å². The van der Waals surface area contributed by atoms with Crippen LogP contribution in [0.5, 0.6) is 0 Å². The number of methoxy groups -OCH3 is 1. The Balaban J connectivity index is 2.33. The molecule has 0 spiro atoms. The van der Waals surface area contributed by atoms with Crippen molar-refractivity contribution in [2.45, 2.75) is 84.2 Å². The number of ether oxygens (including phenoxy) is 2. The first kappa shape index (κ1) is 32.1. The number of carbonyl (C=O) groups is 1. The van der Waals surface area contributed by atoms with E-state index in [0.29, 0.717) is 12.7 Å². The van der Waals surface area contributed by atoms with Crippen LogP contribution in [-0.4, -0.2) is 51.4 Å². The van der Waals surface area contributed by atoms with Gasteiger partial charge in [-0.1, -0.05) is 107 Å². The molecule has 38 heavy (non-hydrogen) atoms. The molecular weight excluding hydrogens is 492 g/mol. The summed E-state index contributed by atoms with van der Waals surface area (Å²) in [6.07, 6.45) is 5.32. The zero-order valence-corrected chi connectivity index (χ0v) is 25.5. The molecular formula is C32H48O5Si. The van der Waals surface area contributed by atoms with Gasteiger partial charge in [0.15, 0.2) is 6.29 Å². The normalized spacial score (nSPS) is 17.5. The molecule has 0 aliphatic carbocycles. The lowest BCUT2D eigenvalue weighted by atomic mass is 9.90. The number of rotatable bonds is 15. The van der Waals surface area contributed by atoms with E-state index in [-0.39, 0.29) is 35.9 Å². The summed E-state index contributed by atoms with van der Waals surface area (Å²) in [5.74, 6) is 0.370. The van der Waals surface area contributed by atoms with E-state index in [2.05, 4.69) is 102 Å². The van der Waals surface area contributed by atoms with Gasteiger partial charge in [0.2, 0.25) is 0 Å². The lowest BCUT2D eigenvalue weighted by molar-refractivity contribution is -0.118. The number of aldehydes is 1. The first-order valence-corrected chi connectivity index (χ1v) is 15.5. The van der Waals surface area contributed by atoms with E-state index in [9.17, 15) is 9.90 Å². The zero-order valence-electron chi connectivity index (χ0n) is 24.5. The lowest BCUT2D eigenvalue weighted by Gasteiger charge is -2.46. The number of aliphatic hydroxyl groups is 1. The second-order valence-corrected chi connectivity index (χ2v) is 16.0. The Bertz CT molecular complexity index is 944. The number of benzene rings is 2. The molecule has 5 nitrogen and oxygen atoms in total. The van der Waals surface area contributed by atoms with Gasteiger partial charge in [-0.25, -0.2) is 0 Å². The third-order valence-corrected chi connectivity index (χ3v) is 12.6. The molecule has 0 amide bonds. The quantitative estimate of drug-likeness (QED) is 0.140. The van der Waals surface area contributed by atoms with Crippen molar-refractivity contribution in [3.63, 3.8) is 0 Å². The summed E-state index contributed by atoms with van der Waals surface area (Å²) in [7, 11) is -1.04. The smallest absolute Gasteiger partial charge is 0.261 e. The first-order valence-electron chi connectivity index (χ1n) is 13.6. The number of hydrogen-bond acceptors (Lipinski definition) is 5. The monoisotopic (exact) mass is 540 g/mol. The summed E-state index contributed by atoms with van der Waals surface area (Å²) < 4.78 is 18.7. The van der Waals surface area contributed by atoms with Crippen LogP contribution >= 0.6 is 0 Å². The predicted octanol–water partition coefficient (Wildman–Crippen LogP) is 5.50. The number of allylic oxidation sites excluding steroid dienone is 1. The number of hydrogen-bond donors (Lipinski definition) is 1. The second-order valence-electron chi connectivity index (χ2n) is 11.8. The standard InChI is InChI=1S/C32H48O5Si/c1-25(16-15-21-32(7,34)23-33)30(36-24-35-8)22-26(2)27(3)37-38(31(4,5)6,28-17-11-9-12-18-28)29-19-13-10-14-20-29/h9-15,17-21,23,25-27,30,34H,16,22,24H2,1-8H3/b21-15+/t25-,26-,27-,30+,32+/m0/s1. The van der Waals surface area contributed by atoms with Crippen molar-refractivity contribution < 1.29 is 23.8 Å². The van der Waals surface area contributed by atoms with E-state index < -0.39 is 13.9 Å². The highest BCUT2D eigenvalue weighted by atomic mass is 28.4. The van der Waals surface area contributed by atoms with Crippen LogP contribution in [0, 0.1) is 11.8 Å². The van der Waals surface area contributed by atoms with Crippen molar-refractivity contribution in [1.29, 1.82) is 0 Å². The van der Waals surface area contributed by atoms with Crippen molar-refractivity contribution in [2.24, 2.45) is 11.8 Å². The van der Waals surface area contributed by atoms with Crippen molar-refractivity contribution >= 4 is 25.0 Å². The Labute approximate surface area is 231 Å². The van der Waals surface area contributed by atoms with E-state index in [1.165, 1.54) is 17.3 Å². The summed E-state index contributed by atoms with van der Waals surface area (Å²) in [6.45, 7) is 15.1. The van der Waals surface area contributed by atoms with Gasteiger partial charge in [-0.3, -0.25) is 4.79 Å². The highest BCUT2D eigenvalue weighted by Gasteiger charge is 2.51. The molecule has 0 bridgehead atoms. The predicted molar refractivity (Wildman–Crippen MR) is 158 cm³/mol. The molecule has 2 aromatic rings. The Morgan fingerprint density at radius 1 is 0.895 bits per heavy atom. The molecule has 2 rings (SSSR count). The molecule has 210 valence electrons. The summed E-state index contributed by atoms with van der Waals surface area (Å²) in [6, 6.07) is 21.4. The molecule has 1 N–H and O–H groups in total. The SMILES string of the molecule is COCO[C@H](C[C@H](C)[C@H](C)O[Si](c1ccccc1)(c1ccccc1)C(C)(C)C)[C@@H](C)C/C=C/[C@@](C)(O)C=O. The van der Waals surface area contributed by atoms with Gasteiger partial charge in [0.25, 0.3) is 8.32 Å². The Morgan fingerprint density at radius 3 is 1.87 bits per heavy atom. The highest BCUT2D eigenvalue weighted by Crippen LogP contribution is 2.38. The maximum absolute atomic E-state index is 11.0. The molecule has 0 aliphatic rings. The average molecular weight is 541 g/mol. The summed E-state index contributed by atoms with van der Waals surface area (Å²) in [5.41, 5.74) is -1.45. The molecule has 6 heteroatoms. The van der Waals surface area contributed by atoms with E-state index in [4.69, 9.17) is 13.9 Å². The van der Waals surface area contributed by atoms with E-state index in [1.54, 1.807) is 13.2 Å². The Kier molecular flexibility index (Phi) is 12.1. The van der Waals surface area contributed by atoms with E-state index in [1.807, 2.05) is 6.08 Å². The summed E-state index contributed by atoms with van der Waals surface area (Å²) >= 11 is 0. The molecule has 0 saturated carbocycles. The van der Waals surface area contributed by atoms with Gasteiger partial charge >= 0.3 is 0 Å². The van der Waals surface area contributed by atoms with Crippen LogP contribution in [0.25, 0.3) is 0 Å². The maximum Gasteiger partial charge on any atom is 0.261 e. The number of carbonyl (C=O) groups excluding carboxylic acids is 1. The minimum atomic E-state index is -2.66. The van der Waals surface area contributed by atoms with Gasteiger partial charge in [0.05, 0.1) is 6.10 Å². The van der Waals surface area contributed by atoms with Gasteiger partial charge in [-0.15, -0.1) is 0 Å². The van der Waals surface area contributed by atoms with Crippen LogP contribution in [0.4, 0.5) is 0 Å². The fraction of sp³-hybridized carbons (Fsp3) is 0.531. The highest BCUT2D eigenvalue weighted by molar-refractivity contribution is 6.99. The molecule has 0 unspecified atom stereocenters. The maximum atomic E-state index is 11.0. The second kappa shape index (κ2) is 14.3. The first-order chi connectivity index (χ1) is 17.9. The van der Waals surface area contributed by atoms with Gasteiger partial charge in [-0.2, -0.15) is 0 Å². The van der Waals surface area contributed by atoms with Crippen LogP contribution in [0.3, 0.4) is 0 Å². The lowest BCUT2D eigenvalue weighted by Crippen LogP contribution is -2.68. The fourth-order valence-corrected chi connectivity index (χ4v) is 9.78. The van der Waals surface area contributed by atoms with Crippen molar-refractivity contribution in [1.82, 2.24) is 0 Å². The van der Waals surface area contributed by atoms with Crippen molar-refractivity contribution in [3.05, 3.63) is 72.8 Å². The fourth-order valence-electron chi connectivity index (χ4n) is 4.98. The van der Waals surface area contributed by atoms with Gasteiger partial charge in [-0.05, 0) is 53.9 Å². The molecule has 0 heterocycles. The summed E-state index contributed by atoms with van der Waals surface area (Å²) in [4.78, 5) is 11.0. The molecule has 5 atom stereocenters. The molecule has 0 aromatic heterocycles. The van der Waals surface area contributed by atoms with Crippen LogP contribution < -0.4 is 10.4 Å². The van der Waals surface area contributed by atoms with Crippen LogP contribution in [-0.2, 0) is 18.7 Å². The minimum absolute atomic E-state index is 0.0199. The van der Waals surface area contributed by atoms with E-state index in [0.717, 1.165) is 6.42 Å². The molecule has 0 radical (unpaired) electrons. The third kappa shape index (κ3) is 8.45. The van der Waals surface area contributed by atoms with Gasteiger partial charge < -0.3 is 19.0 Å². The Hall–Kier alpha value is -2.09. The van der Waals surface area contributed by atoms with Gasteiger partial charge in [0, 0.05) is 13.2 Å². The van der Waals surface area contributed by atoms with Crippen LogP contribution in [0.15, 0.2) is 72.8 Å². The zero-order chi connectivity index (χ0) is 28.4. The largest absolute Gasteiger partial charge is 0.404 e. The molecule has 0 saturated heterocycles. The minimum Gasteiger partial charge on any atom is -0.404 e. The third-order valence-electron chi connectivity index (χ3n) is 7.42. The molecule has 0 aliphatic heterocycles. The Morgan fingerprint density at radius 2 is 1.42 bits per heavy atom. The molecule has 2 aromatic carbocycles. The summed E-state index contributed by atoms with van der Waals surface area (Å²) in [5, 5.41) is 12.4. The van der Waals surface area contributed by atoms with E-state index >= 15 is 0 Å². The van der Waals surface area contributed by atoms with Crippen LogP contribution in [0.2, 0.25) is 5.04 Å². The topological polar surface area (TPSA) is 65.0 Å². The van der Waals surface area contributed by atoms with Crippen LogP contribution in [0.1, 0.15) is 61.3 Å². The molecule has 0 fully saturated rings.